The number of hydrogen-bond acceptors (Lipinski definition) is 5. The van der Waals surface area contributed by atoms with Crippen LogP contribution in [0.2, 0.25) is 0 Å². The first-order valence-corrected chi connectivity index (χ1v) is 10.7. The van der Waals surface area contributed by atoms with Gasteiger partial charge in [0.25, 0.3) is 5.91 Å². The Kier molecular flexibility index (Phi) is 8.48. The maximum absolute atomic E-state index is 12.6. The zero-order valence-electron chi connectivity index (χ0n) is 18.3. The maximum Gasteiger partial charge on any atom is 0.255 e. The number of nitrogens with two attached hydrogens (primary N) is 1. The summed E-state index contributed by atoms with van der Waals surface area (Å²) in [5.41, 5.74) is 8.18. The van der Waals surface area contributed by atoms with E-state index in [2.05, 4.69) is 22.0 Å². The van der Waals surface area contributed by atoms with Crippen LogP contribution in [0.1, 0.15) is 51.4 Å². The van der Waals surface area contributed by atoms with Crippen molar-refractivity contribution >= 4 is 23.0 Å². The highest BCUT2D eigenvalue weighted by atomic mass is 16.3. The molecule has 1 heterocycles. The third-order valence-electron chi connectivity index (χ3n) is 5.62. The second-order valence-corrected chi connectivity index (χ2v) is 8.69. The molecule has 0 aromatic heterocycles. The van der Waals surface area contributed by atoms with Crippen LogP contribution < -0.4 is 16.0 Å². The first-order chi connectivity index (χ1) is 14.3. The van der Waals surface area contributed by atoms with E-state index in [4.69, 9.17) is 5.73 Å². The van der Waals surface area contributed by atoms with Gasteiger partial charge in [0, 0.05) is 43.5 Å². The van der Waals surface area contributed by atoms with Crippen LogP contribution in [0.3, 0.4) is 0 Å². The molecule has 0 atom stereocenters. The largest absolute Gasteiger partial charge is 0.397 e. The Labute approximate surface area is 187 Å². The molecule has 0 bridgehead atoms. The predicted octanol–water partition coefficient (Wildman–Crippen LogP) is 4.22. The highest BCUT2D eigenvalue weighted by molar-refractivity contribution is 6.05. The van der Waals surface area contributed by atoms with Gasteiger partial charge in [-0.2, -0.15) is 0 Å². The first-order valence-electron chi connectivity index (χ1n) is 10.7. The normalized spacial score (nSPS) is 15.2. The summed E-state index contributed by atoms with van der Waals surface area (Å²) >= 11 is 0. The van der Waals surface area contributed by atoms with Gasteiger partial charge in [-0.3, -0.25) is 4.79 Å². The Morgan fingerprint density at radius 1 is 1.16 bits per heavy atom. The number of carbonyl (C=O) groups excluding carboxylic acids is 1. The minimum absolute atomic E-state index is 0. The molecule has 0 unspecified atom stereocenters. The summed E-state index contributed by atoms with van der Waals surface area (Å²) in [5, 5.41) is 12.9. The summed E-state index contributed by atoms with van der Waals surface area (Å²) in [6.07, 6.45) is 2.14. The quantitative estimate of drug-likeness (QED) is 0.578. The number of β-amino-alcohol motifs (C(OH)–C–C–N with tert-alkyl or cyclic N) is 1. The third kappa shape index (κ3) is 6.71. The van der Waals surface area contributed by atoms with Crippen molar-refractivity contribution in [2.24, 2.45) is 0 Å². The number of hydrogen-bond donors (Lipinski definition) is 3. The van der Waals surface area contributed by atoms with E-state index < -0.39 is 5.60 Å². The van der Waals surface area contributed by atoms with Crippen LogP contribution in [0.15, 0.2) is 48.5 Å². The Balaban J connectivity index is 0.00000341. The van der Waals surface area contributed by atoms with E-state index >= 15 is 0 Å². The molecule has 170 valence electrons. The smallest absolute Gasteiger partial charge is 0.255 e. The van der Waals surface area contributed by atoms with Gasteiger partial charge in [0.2, 0.25) is 0 Å². The molecule has 6 heteroatoms. The molecule has 2 aromatic carbocycles. The molecule has 1 fully saturated rings. The van der Waals surface area contributed by atoms with Crippen molar-refractivity contribution in [3.8, 4) is 0 Å². The Hall–Kier alpha value is -2.57. The number of aliphatic hydroxyl groups is 1. The second kappa shape index (κ2) is 10.6. The van der Waals surface area contributed by atoms with Gasteiger partial charge in [0.1, 0.15) is 0 Å². The summed E-state index contributed by atoms with van der Waals surface area (Å²) in [7, 11) is 0. The molecule has 0 radical (unpaired) electrons. The van der Waals surface area contributed by atoms with Crippen LogP contribution in [0.4, 0.5) is 17.1 Å². The summed E-state index contributed by atoms with van der Waals surface area (Å²) in [4.78, 5) is 17.3. The SMILES string of the molecule is C.CCN(c1ccc(C(=O)Nc2ccccc2N)cc1)C1CCN(CC(C)(C)O)CC1. The number of rotatable bonds is 7. The van der Waals surface area contributed by atoms with E-state index in [0.29, 0.717) is 29.5 Å². The molecule has 4 N–H and O–H groups in total. The van der Waals surface area contributed by atoms with Crippen LogP contribution in [0.5, 0.6) is 0 Å². The number of piperidine rings is 1. The van der Waals surface area contributed by atoms with E-state index in [1.807, 2.05) is 50.2 Å². The molecule has 3 rings (SSSR count). The fourth-order valence-corrected chi connectivity index (χ4v) is 4.20. The van der Waals surface area contributed by atoms with Crippen LogP contribution in [-0.4, -0.2) is 53.7 Å². The predicted molar refractivity (Wildman–Crippen MR) is 131 cm³/mol. The Morgan fingerprint density at radius 3 is 2.32 bits per heavy atom. The molecule has 0 spiro atoms. The number of carbonyl (C=O) groups is 1. The van der Waals surface area contributed by atoms with Crippen molar-refractivity contribution in [3.63, 3.8) is 0 Å². The highest BCUT2D eigenvalue weighted by Crippen LogP contribution is 2.25. The number of para-hydroxylation sites is 2. The van der Waals surface area contributed by atoms with E-state index in [-0.39, 0.29) is 13.3 Å². The van der Waals surface area contributed by atoms with E-state index in [0.717, 1.165) is 38.2 Å². The van der Waals surface area contributed by atoms with Crippen LogP contribution in [0, 0.1) is 0 Å². The minimum Gasteiger partial charge on any atom is -0.397 e. The number of nitrogens with zero attached hydrogens (tertiary/aromatic N) is 2. The molecule has 1 aliphatic rings. The highest BCUT2D eigenvalue weighted by Gasteiger charge is 2.27. The van der Waals surface area contributed by atoms with Gasteiger partial charge in [0.05, 0.1) is 17.0 Å². The van der Waals surface area contributed by atoms with E-state index in [9.17, 15) is 9.90 Å². The zero-order valence-corrected chi connectivity index (χ0v) is 18.3. The number of nitrogens with one attached hydrogen (secondary N) is 1. The van der Waals surface area contributed by atoms with Crippen LogP contribution in [-0.2, 0) is 0 Å². The summed E-state index contributed by atoms with van der Waals surface area (Å²) in [6, 6.07) is 15.5. The lowest BCUT2D eigenvalue weighted by molar-refractivity contribution is 0.0281. The number of likely N-dealkylation sites (tertiary alicyclic amines) is 1. The topological polar surface area (TPSA) is 81.8 Å². The van der Waals surface area contributed by atoms with Crippen molar-refractivity contribution in [1.82, 2.24) is 4.90 Å². The fraction of sp³-hybridized carbons (Fsp3) is 0.480. The average Bonchev–Trinajstić information content (AvgIpc) is 2.71. The summed E-state index contributed by atoms with van der Waals surface area (Å²) < 4.78 is 0. The van der Waals surface area contributed by atoms with Crippen molar-refractivity contribution in [3.05, 3.63) is 54.1 Å². The molecular formula is C25H38N4O2. The Morgan fingerprint density at radius 2 is 1.77 bits per heavy atom. The number of benzene rings is 2. The summed E-state index contributed by atoms with van der Waals surface area (Å²) in [5.74, 6) is -0.164. The number of amides is 1. The Bertz CT molecular complexity index is 837. The molecule has 0 aliphatic carbocycles. The minimum atomic E-state index is -0.655. The lowest BCUT2D eigenvalue weighted by atomic mass is 10.00. The second-order valence-electron chi connectivity index (χ2n) is 8.69. The lowest BCUT2D eigenvalue weighted by Gasteiger charge is -2.40. The van der Waals surface area contributed by atoms with Crippen molar-refractivity contribution in [2.75, 3.05) is 42.1 Å². The van der Waals surface area contributed by atoms with Gasteiger partial charge in [-0.15, -0.1) is 0 Å². The zero-order chi connectivity index (χ0) is 21.7. The molecule has 0 saturated carbocycles. The van der Waals surface area contributed by atoms with Crippen LogP contribution in [0.25, 0.3) is 0 Å². The van der Waals surface area contributed by atoms with Crippen LogP contribution >= 0.6 is 0 Å². The van der Waals surface area contributed by atoms with Crippen molar-refractivity contribution in [1.29, 1.82) is 0 Å². The van der Waals surface area contributed by atoms with Crippen molar-refractivity contribution < 1.29 is 9.90 Å². The molecule has 6 nitrogen and oxygen atoms in total. The van der Waals surface area contributed by atoms with Crippen molar-refractivity contribution in [2.45, 2.75) is 52.7 Å². The maximum atomic E-state index is 12.6. The first kappa shape index (κ1) is 24.7. The molecule has 2 aromatic rings. The standard InChI is InChI=1S/C24H34N4O2.CH4/c1-4-28(20-13-15-27(16-14-20)17-24(2,3)30)19-11-9-18(10-12-19)23(29)26-22-8-6-5-7-21(22)25;/h5-12,20,30H,4,13-17,25H2,1-3H3,(H,26,29);1H4. The molecular weight excluding hydrogens is 388 g/mol. The number of anilines is 3. The number of nitrogen functional groups attached to an aromatic ring is 1. The van der Waals surface area contributed by atoms with Gasteiger partial charge in [0.15, 0.2) is 0 Å². The van der Waals surface area contributed by atoms with Gasteiger partial charge in [-0.05, 0) is 70.0 Å². The lowest BCUT2D eigenvalue weighted by Crippen LogP contribution is -2.48. The summed E-state index contributed by atoms with van der Waals surface area (Å²) in [6.45, 7) is 9.50. The monoisotopic (exact) mass is 426 g/mol. The average molecular weight is 427 g/mol. The third-order valence-corrected chi connectivity index (χ3v) is 5.62. The molecule has 1 amide bonds. The molecule has 1 saturated heterocycles. The van der Waals surface area contributed by atoms with E-state index in [1.165, 1.54) is 0 Å². The molecule has 1 aliphatic heterocycles. The van der Waals surface area contributed by atoms with Gasteiger partial charge in [-0.25, -0.2) is 0 Å². The molecule has 31 heavy (non-hydrogen) atoms. The van der Waals surface area contributed by atoms with E-state index in [1.54, 1.807) is 12.1 Å². The fourth-order valence-electron chi connectivity index (χ4n) is 4.20. The van der Waals surface area contributed by atoms with Gasteiger partial charge in [-0.1, -0.05) is 19.6 Å². The van der Waals surface area contributed by atoms with Gasteiger partial charge >= 0.3 is 0 Å². The van der Waals surface area contributed by atoms with Gasteiger partial charge < -0.3 is 26.0 Å².